The lowest BCUT2D eigenvalue weighted by atomic mass is 10.0. The van der Waals surface area contributed by atoms with E-state index in [9.17, 15) is 0 Å². The first-order valence-corrected chi connectivity index (χ1v) is 8.27. The van der Waals surface area contributed by atoms with Crippen LogP contribution in [-0.2, 0) is 11.2 Å². The zero-order valence-corrected chi connectivity index (χ0v) is 13.4. The van der Waals surface area contributed by atoms with Crippen LogP contribution in [0.4, 0.5) is 0 Å². The summed E-state index contributed by atoms with van der Waals surface area (Å²) in [4.78, 5) is 1.23. The normalized spacial score (nSPS) is 12.3. The Morgan fingerprint density at radius 1 is 1.10 bits per heavy atom. The van der Waals surface area contributed by atoms with Gasteiger partial charge in [0.15, 0.2) is 0 Å². The van der Waals surface area contributed by atoms with E-state index in [4.69, 9.17) is 16.3 Å². The molecule has 2 aromatic carbocycles. The lowest BCUT2D eigenvalue weighted by Crippen LogP contribution is -1.98. The Hall–Kier alpha value is -0.960. The summed E-state index contributed by atoms with van der Waals surface area (Å²) >= 11 is 8.37. The van der Waals surface area contributed by atoms with Crippen LogP contribution >= 0.6 is 23.4 Å². The van der Waals surface area contributed by atoms with E-state index in [0.717, 1.165) is 18.6 Å². The number of hydrogen-bond acceptors (Lipinski definition) is 2. The molecule has 0 fully saturated rings. The number of ether oxygens (including phenoxy) is 1. The minimum Gasteiger partial charge on any atom is -0.384 e. The van der Waals surface area contributed by atoms with Crippen molar-refractivity contribution in [1.82, 2.24) is 0 Å². The number of alkyl halides is 1. The molecule has 0 saturated heterocycles. The fraction of sp³-hybridized carbons (Fsp3) is 0.294. The molecule has 2 rings (SSSR count). The Balaban J connectivity index is 2.18. The number of methoxy groups -OCH3 is 1. The van der Waals surface area contributed by atoms with Gasteiger partial charge >= 0.3 is 0 Å². The lowest BCUT2D eigenvalue weighted by Gasteiger charge is -2.14. The zero-order chi connectivity index (χ0) is 14.4. The molecule has 2 aromatic rings. The summed E-state index contributed by atoms with van der Waals surface area (Å²) in [6.07, 6.45) is 3.02. The van der Waals surface area contributed by atoms with Crippen LogP contribution in [0, 0.1) is 0 Å². The van der Waals surface area contributed by atoms with Gasteiger partial charge in [-0.25, -0.2) is 0 Å². The highest BCUT2D eigenvalue weighted by Gasteiger charge is 2.14. The number of hydrogen-bond donors (Lipinski definition) is 0. The molecule has 1 atom stereocenters. The standard InChI is InChI=1S/C17H19ClOS/c1-19-12-11-13-7-9-14(10-8-13)17(18)15-5-3-4-6-16(15)20-2/h3-10,17H,11-12H2,1-2H3. The third-order valence-electron chi connectivity index (χ3n) is 3.28. The number of rotatable bonds is 6. The molecule has 0 bridgehead atoms. The predicted molar refractivity (Wildman–Crippen MR) is 87.9 cm³/mol. The van der Waals surface area contributed by atoms with Gasteiger partial charge in [0.05, 0.1) is 12.0 Å². The van der Waals surface area contributed by atoms with Crippen molar-refractivity contribution in [1.29, 1.82) is 0 Å². The first kappa shape index (κ1) is 15.4. The summed E-state index contributed by atoms with van der Waals surface area (Å²) in [5.41, 5.74) is 3.58. The smallest absolute Gasteiger partial charge is 0.0846 e. The average molecular weight is 307 g/mol. The number of halogens is 1. The summed E-state index contributed by atoms with van der Waals surface area (Å²) in [5, 5.41) is -0.102. The molecule has 0 aliphatic carbocycles. The van der Waals surface area contributed by atoms with E-state index >= 15 is 0 Å². The van der Waals surface area contributed by atoms with Crippen LogP contribution in [0.1, 0.15) is 22.1 Å². The van der Waals surface area contributed by atoms with E-state index in [1.807, 2.05) is 12.1 Å². The maximum absolute atomic E-state index is 6.63. The molecule has 1 unspecified atom stereocenters. The van der Waals surface area contributed by atoms with Gasteiger partial charge in [0, 0.05) is 12.0 Å². The number of thioether (sulfide) groups is 1. The van der Waals surface area contributed by atoms with E-state index in [1.165, 1.54) is 16.0 Å². The van der Waals surface area contributed by atoms with Gasteiger partial charge in [-0.05, 0) is 35.4 Å². The predicted octanol–water partition coefficient (Wildman–Crippen LogP) is 4.93. The molecule has 0 heterocycles. The highest BCUT2D eigenvalue weighted by Crippen LogP contribution is 2.34. The van der Waals surface area contributed by atoms with Crippen LogP contribution < -0.4 is 0 Å². The second kappa shape index (κ2) is 7.72. The fourth-order valence-electron chi connectivity index (χ4n) is 2.13. The second-order valence-electron chi connectivity index (χ2n) is 4.59. The van der Waals surface area contributed by atoms with Crippen LogP contribution in [-0.4, -0.2) is 20.0 Å². The first-order valence-electron chi connectivity index (χ1n) is 6.61. The van der Waals surface area contributed by atoms with Crippen LogP contribution in [0.5, 0.6) is 0 Å². The zero-order valence-electron chi connectivity index (χ0n) is 11.8. The van der Waals surface area contributed by atoms with Crippen molar-refractivity contribution in [2.75, 3.05) is 20.0 Å². The van der Waals surface area contributed by atoms with Crippen molar-refractivity contribution in [2.24, 2.45) is 0 Å². The molecular formula is C17H19ClOS. The van der Waals surface area contributed by atoms with Gasteiger partial charge in [-0.2, -0.15) is 0 Å². The molecular weight excluding hydrogens is 288 g/mol. The summed E-state index contributed by atoms with van der Waals surface area (Å²) in [6, 6.07) is 16.8. The maximum Gasteiger partial charge on any atom is 0.0846 e. The topological polar surface area (TPSA) is 9.23 Å². The minimum absolute atomic E-state index is 0.102. The molecule has 20 heavy (non-hydrogen) atoms. The monoisotopic (exact) mass is 306 g/mol. The van der Waals surface area contributed by atoms with Gasteiger partial charge in [-0.15, -0.1) is 23.4 Å². The van der Waals surface area contributed by atoms with Gasteiger partial charge < -0.3 is 4.74 Å². The van der Waals surface area contributed by atoms with E-state index in [0.29, 0.717) is 0 Å². The van der Waals surface area contributed by atoms with E-state index < -0.39 is 0 Å². The first-order chi connectivity index (χ1) is 9.76. The molecule has 0 radical (unpaired) electrons. The molecule has 0 spiro atoms. The Morgan fingerprint density at radius 2 is 1.80 bits per heavy atom. The molecule has 0 aromatic heterocycles. The van der Waals surface area contributed by atoms with Crippen LogP contribution in [0.2, 0.25) is 0 Å². The van der Waals surface area contributed by atoms with Gasteiger partial charge in [-0.3, -0.25) is 0 Å². The van der Waals surface area contributed by atoms with E-state index in [2.05, 4.69) is 42.7 Å². The van der Waals surface area contributed by atoms with Crippen molar-refractivity contribution in [2.45, 2.75) is 16.7 Å². The minimum atomic E-state index is -0.102. The van der Waals surface area contributed by atoms with Gasteiger partial charge in [0.25, 0.3) is 0 Å². The molecule has 106 valence electrons. The molecule has 0 saturated carbocycles. The Kier molecular flexibility index (Phi) is 5.96. The van der Waals surface area contributed by atoms with Crippen molar-refractivity contribution in [3.8, 4) is 0 Å². The molecule has 0 aliphatic rings. The quantitative estimate of drug-likeness (QED) is 0.553. The van der Waals surface area contributed by atoms with Crippen LogP contribution in [0.25, 0.3) is 0 Å². The third-order valence-corrected chi connectivity index (χ3v) is 4.58. The van der Waals surface area contributed by atoms with E-state index in [1.54, 1.807) is 18.9 Å². The summed E-state index contributed by atoms with van der Waals surface area (Å²) in [6.45, 7) is 0.749. The van der Waals surface area contributed by atoms with Crippen molar-refractivity contribution in [3.05, 3.63) is 65.2 Å². The summed E-state index contributed by atoms with van der Waals surface area (Å²) in [7, 11) is 1.72. The van der Waals surface area contributed by atoms with Crippen molar-refractivity contribution in [3.63, 3.8) is 0 Å². The van der Waals surface area contributed by atoms with Crippen molar-refractivity contribution >= 4 is 23.4 Å². The van der Waals surface area contributed by atoms with Crippen LogP contribution in [0.3, 0.4) is 0 Å². The number of benzene rings is 2. The molecule has 0 aliphatic heterocycles. The van der Waals surface area contributed by atoms with Crippen molar-refractivity contribution < 1.29 is 4.74 Å². The Morgan fingerprint density at radius 3 is 2.45 bits per heavy atom. The van der Waals surface area contributed by atoms with Crippen LogP contribution in [0.15, 0.2) is 53.4 Å². The largest absolute Gasteiger partial charge is 0.384 e. The van der Waals surface area contributed by atoms with E-state index in [-0.39, 0.29) is 5.38 Å². The maximum atomic E-state index is 6.63. The molecule has 0 amide bonds. The van der Waals surface area contributed by atoms with Gasteiger partial charge in [0.2, 0.25) is 0 Å². The Bertz CT molecular complexity index is 539. The average Bonchev–Trinajstić information content (AvgIpc) is 2.52. The third kappa shape index (κ3) is 3.78. The fourth-order valence-corrected chi connectivity index (χ4v) is 3.17. The molecule has 3 heteroatoms. The second-order valence-corrected chi connectivity index (χ2v) is 5.87. The lowest BCUT2D eigenvalue weighted by molar-refractivity contribution is 0.202. The van der Waals surface area contributed by atoms with Gasteiger partial charge in [0.1, 0.15) is 0 Å². The summed E-state index contributed by atoms with van der Waals surface area (Å²) < 4.78 is 5.09. The SMILES string of the molecule is COCCc1ccc(C(Cl)c2ccccc2SC)cc1. The summed E-state index contributed by atoms with van der Waals surface area (Å²) in [5.74, 6) is 0. The molecule has 0 N–H and O–H groups in total. The van der Waals surface area contributed by atoms with Gasteiger partial charge in [-0.1, -0.05) is 42.5 Å². The molecule has 1 nitrogen and oxygen atoms in total. The highest BCUT2D eigenvalue weighted by molar-refractivity contribution is 7.98. The Labute approximate surface area is 130 Å². The highest BCUT2D eigenvalue weighted by atomic mass is 35.5.